The Morgan fingerprint density at radius 2 is 2.22 bits per heavy atom. The fourth-order valence-corrected chi connectivity index (χ4v) is 1.79. The lowest BCUT2D eigenvalue weighted by atomic mass is 10.1. The van der Waals surface area contributed by atoms with Gasteiger partial charge in [0.2, 0.25) is 5.91 Å². The van der Waals surface area contributed by atoms with Crippen LogP contribution in [-0.4, -0.2) is 19.1 Å². The van der Waals surface area contributed by atoms with E-state index in [0.29, 0.717) is 18.0 Å². The van der Waals surface area contributed by atoms with Crippen molar-refractivity contribution in [2.45, 2.75) is 32.4 Å². The van der Waals surface area contributed by atoms with E-state index in [1.54, 1.807) is 13.2 Å². The number of amides is 1. The molecule has 5 heteroatoms. The van der Waals surface area contributed by atoms with E-state index < -0.39 is 0 Å². The van der Waals surface area contributed by atoms with Gasteiger partial charge in [0, 0.05) is 6.54 Å². The lowest BCUT2D eigenvalue weighted by molar-refractivity contribution is -0.120. The first-order valence-corrected chi connectivity index (χ1v) is 6.04. The number of anilines is 1. The SMILES string of the molecule is CCCC(NCc1cccc(OC)c1N)C(N)=O. The van der Waals surface area contributed by atoms with E-state index >= 15 is 0 Å². The number of primary amides is 1. The van der Waals surface area contributed by atoms with Crippen LogP contribution < -0.4 is 21.5 Å². The van der Waals surface area contributed by atoms with E-state index in [-0.39, 0.29) is 11.9 Å². The summed E-state index contributed by atoms with van der Waals surface area (Å²) in [6.07, 6.45) is 1.62. The minimum atomic E-state index is -0.335. The second-order valence-corrected chi connectivity index (χ2v) is 4.16. The molecular formula is C13H21N3O2. The summed E-state index contributed by atoms with van der Waals surface area (Å²) < 4.78 is 5.14. The third-order valence-corrected chi connectivity index (χ3v) is 2.84. The van der Waals surface area contributed by atoms with Crippen LogP contribution in [0.15, 0.2) is 18.2 Å². The minimum absolute atomic E-state index is 0.319. The van der Waals surface area contributed by atoms with Crippen molar-refractivity contribution in [3.63, 3.8) is 0 Å². The zero-order chi connectivity index (χ0) is 13.5. The zero-order valence-corrected chi connectivity index (χ0v) is 10.9. The van der Waals surface area contributed by atoms with Gasteiger partial charge in [0.05, 0.1) is 18.8 Å². The van der Waals surface area contributed by atoms with Crippen molar-refractivity contribution in [3.05, 3.63) is 23.8 Å². The summed E-state index contributed by atoms with van der Waals surface area (Å²) >= 11 is 0. The Bertz CT molecular complexity index is 407. The highest BCUT2D eigenvalue weighted by Crippen LogP contribution is 2.24. The second-order valence-electron chi connectivity index (χ2n) is 4.16. The minimum Gasteiger partial charge on any atom is -0.495 e. The van der Waals surface area contributed by atoms with Gasteiger partial charge in [-0.2, -0.15) is 0 Å². The molecule has 0 heterocycles. The van der Waals surface area contributed by atoms with Crippen molar-refractivity contribution in [1.82, 2.24) is 5.32 Å². The molecule has 0 aliphatic carbocycles. The first kappa shape index (κ1) is 14.3. The van der Waals surface area contributed by atoms with Gasteiger partial charge in [-0.05, 0) is 18.1 Å². The Kier molecular flexibility index (Phi) is 5.45. The highest BCUT2D eigenvalue weighted by Gasteiger charge is 2.14. The molecule has 1 aromatic carbocycles. The number of benzene rings is 1. The molecule has 0 bridgehead atoms. The number of nitrogens with one attached hydrogen (secondary N) is 1. The first-order chi connectivity index (χ1) is 8.60. The molecule has 0 saturated carbocycles. The van der Waals surface area contributed by atoms with Crippen LogP contribution in [0.1, 0.15) is 25.3 Å². The van der Waals surface area contributed by atoms with Crippen molar-refractivity contribution < 1.29 is 9.53 Å². The summed E-state index contributed by atoms with van der Waals surface area (Å²) in [5, 5.41) is 3.12. The van der Waals surface area contributed by atoms with Gasteiger partial charge in [-0.1, -0.05) is 25.5 Å². The summed E-state index contributed by atoms with van der Waals surface area (Å²) in [5.41, 5.74) is 12.8. The number of carbonyl (C=O) groups is 1. The normalized spacial score (nSPS) is 12.1. The number of hydrogen-bond acceptors (Lipinski definition) is 4. The second kappa shape index (κ2) is 6.86. The molecule has 18 heavy (non-hydrogen) atoms. The van der Waals surface area contributed by atoms with Crippen LogP contribution in [0.4, 0.5) is 5.69 Å². The number of carbonyl (C=O) groups excluding carboxylic acids is 1. The lowest BCUT2D eigenvalue weighted by Gasteiger charge is -2.16. The summed E-state index contributed by atoms with van der Waals surface area (Å²) in [6.45, 7) is 2.51. The van der Waals surface area contributed by atoms with Crippen LogP contribution >= 0.6 is 0 Å². The molecule has 1 rings (SSSR count). The van der Waals surface area contributed by atoms with Gasteiger partial charge in [-0.15, -0.1) is 0 Å². The standard InChI is InChI=1S/C13H21N3O2/c1-3-5-10(13(15)17)16-8-9-6-4-7-11(18-2)12(9)14/h4,6-7,10,16H,3,5,8,14H2,1-2H3,(H2,15,17). The zero-order valence-electron chi connectivity index (χ0n) is 10.9. The number of methoxy groups -OCH3 is 1. The maximum atomic E-state index is 11.2. The van der Waals surface area contributed by atoms with Gasteiger partial charge in [-0.25, -0.2) is 0 Å². The molecule has 100 valence electrons. The predicted molar refractivity (Wildman–Crippen MR) is 72.1 cm³/mol. The highest BCUT2D eigenvalue weighted by atomic mass is 16.5. The van der Waals surface area contributed by atoms with Crippen molar-refractivity contribution in [1.29, 1.82) is 0 Å². The van der Waals surface area contributed by atoms with E-state index in [1.165, 1.54) is 0 Å². The van der Waals surface area contributed by atoms with E-state index in [0.717, 1.165) is 18.4 Å². The van der Waals surface area contributed by atoms with Crippen LogP contribution in [0, 0.1) is 0 Å². The molecule has 1 atom stereocenters. The van der Waals surface area contributed by atoms with Gasteiger partial charge in [0.1, 0.15) is 5.75 Å². The van der Waals surface area contributed by atoms with E-state index in [4.69, 9.17) is 16.2 Å². The van der Waals surface area contributed by atoms with Gasteiger partial charge < -0.3 is 21.5 Å². The topological polar surface area (TPSA) is 90.4 Å². The number of ether oxygens (including phenoxy) is 1. The number of rotatable bonds is 7. The largest absolute Gasteiger partial charge is 0.495 e. The molecule has 0 aliphatic heterocycles. The molecular weight excluding hydrogens is 230 g/mol. The molecule has 0 spiro atoms. The van der Waals surface area contributed by atoms with Gasteiger partial charge in [0.25, 0.3) is 0 Å². The summed E-state index contributed by atoms with van der Waals surface area (Å²) in [5.74, 6) is 0.304. The molecule has 5 nitrogen and oxygen atoms in total. The van der Waals surface area contributed by atoms with Gasteiger partial charge in [0.15, 0.2) is 0 Å². The lowest BCUT2D eigenvalue weighted by Crippen LogP contribution is -2.40. The number of nitrogens with two attached hydrogens (primary N) is 2. The average Bonchev–Trinajstić information content (AvgIpc) is 2.35. The van der Waals surface area contributed by atoms with Crippen molar-refractivity contribution in [2.75, 3.05) is 12.8 Å². The van der Waals surface area contributed by atoms with Crippen LogP contribution in [0.25, 0.3) is 0 Å². The fraction of sp³-hybridized carbons (Fsp3) is 0.462. The molecule has 0 radical (unpaired) electrons. The molecule has 0 aliphatic rings. The Morgan fingerprint density at radius 3 is 2.78 bits per heavy atom. The van der Waals surface area contributed by atoms with Crippen LogP contribution in [0.3, 0.4) is 0 Å². The molecule has 0 aromatic heterocycles. The fourth-order valence-electron chi connectivity index (χ4n) is 1.79. The molecule has 0 saturated heterocycles. The molecule has 5 N–H and O–H groups in total. The van der Waals surface area contributed by atoms with Crippen LogP contribution in [0.2, 0.25) is 0 Å². The Balaban J connectivity index is 2.70. The number of para-hydroxylation sites is 1. The third kappa shape index (κ3) is 3.63. The highest BCUT2D eigenvalue weighted by molar-refractivity contribution is 5.79. The quantitative estimate of drug-likeness (QED) is 0.631. The van der Waals surface area contributed by atoms with E-state index in [1.807, 2.05) is 19.1 Å². The van der Waals surface area contributed by atoms with Crippen molar-refractivity contribution in [3.8, 4) is 5.75 Å². The maximum Gasteiger partial charge on any atom is 0.234 e. The van der Waals surface area contributed by atoms with Gasteiger partial charge in [-0.3, -0.25) is 4.79 Å². The van der Waals surface area contributed by atoms with E-state index in [2.05, 4.69) is 5.32 Å². The van der Waals surface area contributed by atoms with Crippen molar-refractivity contribution >= 4 is 11.6 Å². The Morgan fingerprint density at radius 1 is 1.50 bits per heavy atom. The smallest absolute Gasteiger partial charge is 0.234 e. The predicted octanol–water partition coefficient (Wildman–Crippen LogP) is 1.02. The van der Waals surface area contributed by atoms with E-state index in [9.17, 15) is 4.79 Å². The molecule has 1 amide bonds. The molecule has 1 unspecified atom stereocenters. The summed E-state index contributed by atoms with van der Waals surface area (Å²) in [4.78, 5) is 11.2. The van der Waals surface area contributed by atoms with Crippen molar-refractivity contribution in [2.24, 2.45) is 5.73 Å². The Hall–Kier alpha value is -1.75. The molecule has 1 aromatic rings. The maximum absolute atomic E-state index is 11.2. The van der Waals surface area contributed by atoms with Crippen LogP contribution in [-0.2, 0) is 11.3 Å². The summed E-state index contributed by atoms with van der Waals surface area (Å²) in [7, 11) is 1.58. The molecule has 0 fully saturated rings. The first-order valence-electron chi connectivity index (χ1n) is 6.04. The third-order valence-electron chi connectivity index (χ3n) is 2.84. The monoisotopic (exact) mass is 251 g/mol. The Labute approximate surface area is 107 Å². The number of nitrogen functional groups attached to an aromatic ring is 1. The van der Waals surface area contributed by atoms with Crippen LogP contribution in [0.5, 0.6) is 5.75 Å². The number of hydrogen-bond donors (Lipinski definition) is 3. The average molecular weight is 251 g/mol. The van der Waals surface area contributed by atoms with Gasteiger partial charge >= 0.3 is 0 Å². The summed E-state index contributed by atoms with van der Waals surface area (Å²) in [6, 6.07) is 5.25.